The monoisotopic (exact) mass is 454 g/mol. The summed E-state index contributed by atoms with van der Waals surface area (Å²) < 4.78 is 0. The van der Waals surface area contributed by atoms with Crippen LogP contribution in [0.3, 0.4) is 0 Å². The van der Waals surface area contributed by atoms with Gasteiger partial charge in [-0.15, -0.1) is 0 Å². The molecule has 4 atom stereocenters. The third-order valence-corrected chi connectivity index (χ3v) is 6.38. The molecule has 0 bridgehead atoms. The van der Waals surface area contributed by atoms with E-state index in [-0.39, 0.29) is 25.8 Å². The van der Waals surface area contributed by atoms with Gasteiger partial charge in [0.1, 0.15) is 12.1 Å². The molecule has 2 fully saturated rings. The first-order valence-corrected chi connectivity index (χ1v) is 11.7. The van der Waals surface area contributed by atoms with Gasteiger partial charge in [0.05, 0.1) is 6.04 Å². The van der Waals surface area contributed by atoms with Gasteiger partial charge < -0.3 is 20.7 Å². The van der Waals surface area contributed by atoms with E-state index in [4.69, 9.17) is 5.73 Å². The summed E-state index contributed by atoms with van der Waals surface area (Å²) in [5, 5.41) is 2.51. The average Bonchev–Trinajstić information content (AvgIpc) is 3.23. The number of nitrogens with zero attached hydrogens (tertiary/aromatic N) is 2. The van der Waals surface area contributed by atoms with Crippen LogP contribution >= 0.6 is 11.8 Å². The second-order valence-electron chi connectivity index (χ2n) is 7.98. The summed E-state index contributed by atoms with van der Waals surface area (Å²) in [5.41, 5.74) is 3.69. The molecule has 0 aromatic heterocycles. The number of nitrogens with one attached hydrogen (secondary N) is 1. The Morgan fingerprint density at radius 2 is 1.97 bits per heavy atom. The minimum Gasteiger partial charge on any atom is -0.343 e. The number of carbonyl (C=O) groups excluding carboxylic acids is 6. The smallest absolute Gasteiger partial charge is 0.253 e. The number of hydrogen-bond acceptors (Lipinski definition) is 8. The van der Waals surface area contributed by atoms with Gasteiger partial charge >= 0.3 is 0 Å². The molecule has 172 valence electrons. The Hall–Kier alpha value is -2.27. The van der Waals surface area contributed by atoms with Crippen LogP contribution in [0.2, 0.25) is 0 Å². The Morgan fingerprint density at radius 3 is 2.55 bits per heavy atom. The Balaban J connectivity index is 2.30. The van der Waals surface area contributed by atoms with Gasteiger partial charge in [-0.2, -0.15) is 11.8 Å². The molecule has 2 saturated heterocycles. The number of Topliss-reactive ketones (excluding diaryl/α,β-unsaturated/α-hetero) is 1. The zero-order valence-electron chi connectivity index (χ0n) is 18.1. The van der Waals surface area contributed by atoms with Crippen LogP contribution in [0.4, 0.5) is 0 Å². The molecule has 4 amide bonds. The second kappa shape index (κ2) is 10.4. The number of amides is 4. The minimum absolute atomic E-state index is 0.0372. The number of nitrogens with two attached hydrogens (primary N) is 1. The van der Waals surface area contributed by atoms with Crippen molar-refractivity contribution in [1.29, 1.82) is 0 Å². The van der Waals surface area contributed by atoms with Crippen molar-refractivity contribution in [3.63, 3.8) is 0 Å². The summed E-state index contributed by atoms with van der Waals surface area (Å²) in [4.78, 5) is 77.8. The van der Waals surface area contributed by atoms with E-state index >= 15 is 0 Å². The molecule has 0 spiro atoms. The first-order chi connectivity index (χ1) is 14.6. The van der Waals surface area contributed by atoms with E-state index in [1.165, 1.54) is 30.5 Å². The van der Waals surface area contributed by atoms with E-state index in [0.29, 0.717) is 24.9 Å². The van der Waals surface area contributed by atoms with Crippen LogP contribution < -0.4 is 11.1 Å². The molecule has 11 heteroatoms. The van der Waals surface area contributed by atoms with Gasteiger partial charge in [-0.1, -0.05) is 0 Å². The van der Waals surface area contributed by atoms with Gasteiger partial charge in [0.15, 0.2) is 17.6 Å². The quantitative estimate of drug-likeness (QED) is 0.276. The lowest BCUT2D eigenvalue weighted by molar-refractivity contribution is -0.167. The van der Waals surface area contributed by atoms with Gasteiger partial charge in [0, 0.05) is 19.4 Å². The molecule has 31 heavy (non-hydrogen) atoms. The number of rotatable bonds is 8. The summed E-state index contributed by atoms with van der Waals surface area (Å²) in [6.45, 7) is 3.25. The fraction of sp³-hybridized carbons (Fsp3) is 0.700. The summed E-state index contributed by atoms with van der Waals surface area (Å²) in [5.74, 6) is -2.34. The van der Waals surface area contributed by atoms with Crippen molar-refractivity contribution >= 4 is 47.5 Å². The van der Waals surface area contributed by atoms with Crippen molar-refractivity contribution in [3.05, 3.63) is 0 Å². The lowest BCUT2D eigenvalue weighted by Crippen LogP contribution is -2.67. The van der Waals surface area contributed by atoms with Crippen molar-refractivity contribution in [2.24, 2.45) is 5.73 Å². The average molecular weight is 455 g/mol. The standard InChI is InChI=1S/C20H30N4O6S/c1-12(21)17(28)22-13(2)18(29)23-9-4-5-14(23)19(30)24-16(27)7-6-15(26)20(24,11-25)8-10-31-3/h11-14H,4-10,21H2,1-3H3,(H,22,28)/t12-,13-,14-,20-/m0/s1. The van der Waals surface area contributed by atoms with Crippen LogP contribution in [-0.4, -0.2) is 87.7 Å². The molecule has 2 aliphatic heterocycles. The summed E-state index contributed by atoms with van der Waals surface area (Å²) in [6, 6.07) is -2.70. The number of hydrogen-bond donors (Lipinski definition) is 2. The van der Waals surface area contributed by atoms with Crippen molar-refractivity contribution in [1.82, 2.24) is 15.1 Å². The topological polar surface area (TPSA) is 147 Å². The number of imide groups is 1. The maximum absolute atomic E-state index is 13.4. The maximum atomic E-state index is 13.4. The van der Waals surface area contributed by atoms with E-state index in [1.807, 2.05) is 0 Å². The molecule has 0 unspecified atom stereocenters. The van der Waals surface area contributed by atoms with Crippen molar-refractivity contribution in [2.45, 2.75) is 69.6 Å². The number of ketones is 1. The van der Waals surface area contributed by atoms with Crippen LogP contribution in [0, 0.1) is 0 Å². The van der Waals surface area contributed by atoms with Crippen LogP contribution in [0.15, 0.2) is 0 Å². The van der Waals surface area contributed by atoms with Gasteiger partial charge in [0.2, 0.25) is 17.7 Å². The lowest BCUT2D eigenvalue weighted by atomic mass is 9.83. The molecular formula is C20H30N4O6S. The van der Waals surface area contributed by atoms with Crippen molar-refractivity contribution in [3.8, 4) is 0 Å². The van der Waals surface area contributed by atoms with Crippen LogP contribution in [0.25, 0.3) is 0 Å². The van der Waals surface area contributed by atoms with Gasteiger partial charge in [-0.3, -0.25) is 28.9 Å². The normalized spacial score (nSPS) is 25.9. The molecule has 2 aliphatic rings. The molecule has 0 aromatic carbocycles. The number of carbonyl (C=O) groups is 6. The predicted octanol–water partition coefficient (Wildman–Crippen LogP) is -0.762. The Morgan fingerprint density at radius 1 is 1.29 bits per heavy atom. The number of thioether (sulfide) groups is 1. The fourth-order valence-electron chi connectivity index (χ4n) is 3.99. The Kier molecular flexibility index (Phi) is 8.35. The highest BCUT2D eigenvalue weighted by Gasteiger charge is 2.54. The van der Waals surface area contributed by atoms with Gasteiger partial charge in [0.25, 0.3) is 5.91 Å². The van der Waals surface area contributed by atoms with Crippen LogP contribution in [0.1, 0.15) is 46.0 Å². The maximum Gasteiger partial charge on any atom is 0.253 e. The first kappa shape index (κ1) is 25.0. The predicted molar refractivity (Wildman–Crippen MR) is 114 cm³/mol. The van der Waals surface area contributed by atoms with E-state index < -0.39 is 53.1 Å². The Labute approximate surface area is 185 Å². The van der Waals surface area contributed by atoms with Crippen molar-refractivity contribution < 1.29 is 28.8 Å². The molecule has 0 aromatic rings. The fourth-order valence-corrected chi connectivity index (χ4v) is 4.51. The van der Waals surface area contributed by atoms with E-state index in [2.05, 4.69) is 5.32 Å². The largest absolute Gasteiger partial charge is 0.343 e. The van der Waals surface area contributed by atoms with E-state index in [0.717, 1.165) is 4.90 Å². The molecular weight excluding hydrogens is 424 g/mol. The highest BCUT2D eigenvalue weighted by atomic mass is 32.2. The number of piperidine rings is 1. The van der Waals surface area contributed by atoms with Crippen molar-refractivity contribution in [2.75, 3.05) is 18.6 Å². The highest BCUT2D eigenvalue weighted by molar-refractivity contribution is 7.98. The van der Waals surface area contributed by atoms with Gasteiger partial charge in [-0.05, 0) is 45.1 Å². The van der Waals surface area contributed by atoms with E-state index in [1.54, 1.807) is 6.26 Å². The lowest BCUT2D eigenvalue weighted by Gasteiger charge is -2.42. The van der Waals surface area contributed by atoms with Crippen LogP contribution in [-0.2, 0) is 28.8 Å². The minimum atomic E-state index is -1.83. The molecule has 2 heterocycles. The molecule has 0 saturated carbocycles. The highest BCUT2D eigenvalue weighted by Crippen LogP contribution is 2.32. The summed E-state index contributed by atoms with van der Waals surface area (Å²) in [7, 11) is 0. The second-order valence-corrected chi connectivity index (χ2v) is 8.97. The molecule has 3 N–H and O–H groups in total. The summed E-state index contributed by atoms with van der Waals surface area (Å²) in [6.07, 6.45) is 2.81. The van der Waals surface area contributed by atoms with Crippen LogP contribution in [0.5, 0.6) is 0 Å². The summed E-state index contributed by atoms with van der Waals surface area (Å²) >= 11 is 1.40. The SMILES string of the molecule is CSCC[C@]1(C=O)C(=O)CCC(=O)N1C(=O)[C@@H]1CCCN1C(=O)[C@H](C)NC(=O)[C@H](C)N. The molecule has 0 aliphatic carbocycles. The van der Waals surface area contributed by atoms with E-state index in [9.17, 15) is 28.8 Å². The van der Waals surface area contributed by atoms with Gasteiger partial charge in [-0.25, -0.2) is 0 Å². The third-order valence-electron chi connectivity index (χ3n) is 5.76. The number of likely N-dealkylation sites (tertiary alicyclic amines) is 2. The Bertz CT molecular complexity index is 773. The molecule has 0 radical (unpaired) electrons. The zero-order valence-corrected chi connectivity index (χ0v) is 18.9. The molecule has 10 nitrogen and oxygen atoms in total. The zero-order chi connectivity index (χ0) is 23.3. The third kappa shape index (κ3) is 4.98. The molecule has 2 rings (SSSR count). The first-order valence-electron chi connectivity index (χ1n) is 10.3. The number of aldehydes is 1.